The van der Waals surface area contributed by atoms with Crippen LogP contribution in [0.4, 0.5) is 0 Å². The number of hydrogen-bond donors (Lipinski definition) is 14. The Morgan fingerprint density at radius 1 is 0.680 bits per heavy atom. The smallest absolute Gasteiger partial charge is 0.248 e. The number of allylic oxidation sites excluding steroid dienone is 4. The van der Waals surface area contributed by atoms with Crippen LogP contribution in [-0.2, 0) is 33.6 Å². The van der Waals surface area contributed by atoms with Crippen LogP contribution in [0.25, 0.3) is 0 Å². The van der Waals surface area contributed by atoms with Gasteiger partial charge < -0.3 is 82.3 Å². The second-order valence-electron chi connectivity index (χ2n) is 20.1. The zero-order valence-corrected chi connectivity index (χ0v) is 43.4. The van der Waals surface area contributed by atoms with Gasteiger partial charge in [-0.1, -0.05) is 82.4 Å². The quantitative estimate of drug-likeness (QED) is 0.0531. The molecule has 23 heteroatoms. The number of carbonyl (C=O) groups excluding carboxylic acids is 7. The van der Waals surface area contributed by atoms with Gasteiger partial charge in [-0.25, -0.2) is 0 Å². The molecule has 3 aliphatic heterocycles. The van der Waals surface area contributed by atoms with Crippen molar-refractivity contribution in [2.45, 2.75) is 203 Å². The molecule has 0 radical (unpaired) electrons. The predicted octanol–water partition coefficient (Wildman–Crippen LogP) is -1.33. The largest absolute Gasteiger partial charge is 0.508 e. The molecule has 3 aliphatic rings. The van der Waals surface area contributed by atoms with Crippen LogP contribution in [0.15, 0.2) is 48.6 Å². The van der Waals surface area contributed by atoms with Gasteiger partial charge >= 0.3 is 0 Å². The van der Waals surface area contributed by atoms with Gasteiger partial charge in [0.25, 0.3) is 0 Å². The highest BCUT2D eigenvalue weighted by Crippen LogP contribution is 2.28. The van der Waals surface area contributed by atoms with Crippen molar-refractivity contribution >= 4 is 41.4 Å². The van der Waals surface area contributed by atoms with Crippen molar-refractivity contribution in [1.82, 2.24) is 36.4 Å². The van der Waals surface area contributed by atoms with E-state index in [0.717, 1.165) is 74.3 Å². The number of fused-ring (bicyclic) bond motifs is 2. The van der Waals surface area contributed by atoms with Crippen molar-refractivity contribution in [3.8, 4) is 5.75 Å². The minimum Gasteiger partial charge on any atom is -0.508 e. The second-order valence-corrected chi connectivity index (χ2v) is 20.1. The summed E-state index contributed by atoms with van der Waals surface area (Å²) in [4.78, 5) is 100. The lowest BCUT2D eigenvalue weighted by Gasteiger charge is -2.34. The van der Waals surface area contributed by atoms with Crippen LogP contribution < -0.4 is 26.6 Å². The van der Waals surface area contributed by atoms with Crippen molar-refractivity contribution in [1.29, 1.82) is 0 Å². The van der Waals surface area contributed by atoms with Gasteiger partial charge in [-0.15, -0.1) is 0 Å². The van der Waals surface area contributed by atoms with Crippen molar-refractivity contribution in [3.63, 3.8) is 0 Å². The molecular formula is C52H81N7O16. The molecule has 23 nitrogen and oxygen atoms in total. The molecule has 0 bridgehead atoms. The SMILES string of the molecule is CCCCC/C=C/C/C=C/CCCCCCCC(=O)NC1C[C@@H](O)[C@@H](O)NC(=O)[C@@H]2[C@@H](O)[C@@H](C)CN2C(=O)[C@H]([C@@H](C)O)NC(=O)[C@H]([C@H](O)[C@@H](O)c2ccc(O)cc2)NC(=O)[C@@H]2C[C@@H](O)CN2C(=O)[C@H]([C@@H](C)O)NC1=O. The van der Waals surface area contributed by atoms with Gasteiger partial charge in [0.05, 0.1) is 24.4 Å². The average molecular weight is 1060 g/mol. The molecular weight excluding hydrogens is 979 g/mol. The van der Waals surface area contributed by atoms with Gasteiger partial charge in [-0.3, -0.25) is 33.6 Å². The molecule has 1 unspecified atom stereocenters. The summed E-state index contributed by atoms with van der Waals surface area (Å²) in [6.45, 7) is 4.97. The summed E-state index contributed by atoms with van der Waals surface area (Å²) in [5.41, 5.74) is -0.0614. The van der Waals surface area contributed by atoms with E-state index in [-0.39, 0.29) is 24.3 Å². The number of unbranched alkanes of at least 4 members (excludes halogenated alkanes) is 8. The molecule has 3 fully saturated rings. The average Bonchev–Trinajstić information content (AvgIpc) is 3.91. The summed E-state index contributed by atoms with van der Waals surface area (Å²) in [6.07, 6.45) is 2.50. The molecule has 75 heavy (non-hydrogen) atoms. The lowest BCUT2D eigenvalue weighted by atomic mass is 9.96. The van der Waals surface area contributed by atoms with Crippen LogP contribution in [0, 0.1) is 5.92 Å². The Bertz CT molecular complexity index is 2110. The number of rotatable bonds is 20. The third-order valence-corrected chi connectivity index (χ3v) is 13.9. The number of nitrogens with zero attached hydrogens (tertiary/aromatic N) is 2. The van der Waals surface area contributed by atoms with E-state index in [1.807, 2.05) is 0 Å². The van der Waals surface area contributed by atoms with Gasteiger partial charge in [0.15, 0.2) is 6.23 Å². The Morgan fingerprint density at radius 3 is 1.85 bits per heavy atom. The van der Waals surface area contributed by atoms with Crippen molar-refractivity contribution in [2.75, 3.05) is 13.1 Å². The Kier molecular flexibility index (Phi) is 25.0. The second kappa shape index (κ2) is 30.3. The Morgan fingerprint density at radius 2 is 1.24 bits per heavy atom. The fraction of sp³-hybridized carbons (Fsp3) is 0.673. The summed E-state index contributed by atoms with van der Waals surface area (Å²) in [5, 5.41) is 110. The van der Waals surface area contributed by atoms with Crippen molar-refractivity contribution in [2.24, 2.45) is 5.92 Å². The standard InChI is InChI=1S/C52H81N7O16/c1-5-6-7-8-9-10-11-12-13-14-15-16-17-18-19-20-38(65)53-35-26-37(64)48(71)57-50(73)42-43(66)29(2)27-59(42)52(75)40(31(4)61)55-49(72)41(45(68)44(67)32-21-23-33(62)24-22-32)56-47(70)36-25-34(63)28-58(36)51(74)39(30(3)60)54-46(35)69/h9-10,12-13,21-24,29-31,34-37,39-45,48,60-64,66-68,71H,5-8,11,14-20,25-28H2,1-4H3,(H,53,65)(H,54,69)(H,55,72)(H,56,70)(H,57,73)/b10-9+,13-12+/t29-,30+,31+,34+,35?,36-,37+,39-,40-,41-,42-,43-,44-,45-,48+/m0/s1. The third-order valence-electron chi connectivity index (χ3n) is 13.9. The number of aromatic hydroxyl groups is 1. The number of phenols is 1. The van der Waals surface area contributed by atoms with E-state index in [1.54, 1.807) is 0 Å². The molecule has 1 aromatic rings. The number of phenolic OH excluding ortho intramolecular Hbond substituents is 1. The van der Waals surface area contributed by atoms with Gasteiger partial charge in [-0.2, -0.15) is 0 Å². The zero-order chi connectivity index (χ0) is 55.5. The van der Waals surface area contributed by atoms with E-state index in [1.165, 1.54) is 38.3 Å². The summed E-state index contributed by atoms with van der Waals surface area (Å²) in [6, 6.07) is -6.61. The van der Waals surface area contributed by atoms with Crippen LogP contribution >= 0.6 is 0 Å². The fourth-order valence-electron chi connectivity index (χ4n) is 9.39. The highest BCUT2D eigenvalue weighted by atomic mass is 16.3. The van der Waals surface area contributed by atoms with E-state index in [4.69, 9.17) is 0 Å². The molecule has 7 amide bonds. The number of carbonyl (C=O) groups is 7. The molecule has 1 aromatic carbocycles. The summed E-state index contributed by atoms with van der Waals surface area (Å²) >= 11 is 0. The van der Waals surface area contributed by atoms with Crippen molar-refractivity contribution in [3.05, 3.63) is 54.1 Å². The number of aliphatic hydroxyl groups is 8. The maximum atomic E-state index is 14.3. The molecule has 0 aliphatic carbocycles. The molecule has 420 valence electrons. The Balaban J connectivity index is 1.62. The summed E-state index contributed by atoms with van der Waals surface area (Å²) in [5.74, 6) is -8.97. The maximum absolute atomic E-state index is 14.3. The first-order valence-corrected chi connectivity index (χ1v) is 26.2. The normalized spacial score (nSPS) is 29.4. The summed E-state index contributed by atoms with van der Waals surface area (Å²) in [7, 11) is 0. The van der Waals surface area contributed by atoms with Gasteiger partial charge in [0, 0.05) is 38.3 Å². The van der Waals surface area contributed by atoms with Crippen LogP contribution in [-0.4, -0.2) is 189 Å². The van der Waals surface area contributed by atoms with Crippen LogP contribution in [0.5, 0.6) is 5.75 Å². The Hall–Kier alpha value is -5.53. The van der Waals surface area contributed by atoms with E-state index >= 15 is 0 Å². The fourth-order valence-corrected chi connectivity index (χ4v) is 9.39. The number of benzene rings is 1. The highest BCUT2D eigenvalue weighted by molar-refractivity contribution is 5.98. The maximum Gasteiger partial charge on any atom is 0.248 e. The lowest BCUT2D eigenvalue weighted by molar-refractivity contribution is -0.148. The van der Waals surface area contributed by atoms with E-state index in [0.29, 0.717) is 12.8 Å². The summed E-state index contributed by atoms with van der Waals surface area (Å²) < 4.78 is 0. The van der Waals surface area contributed by atoms with E-state index < -0.39 is 152 Å². The third kappa shape index (κ3) is 18.0. The number of aliphatic hydroxyl groups excluding tert-OH is 8. The molecule has 0 spiro atoms. The molecule has 3 heterocycles. The number of amides is 7. The van der Waals surface area contributed by atoms with E-state index in [9.17, 15) is 79.5 Å². The molecule has 0 saturated carbocycles. The molecule has 15 atom stereocenters. The van der Waals surface area contributed by atoms with Crippen LogP contribution in [0.3, 0.4) is 0 Å². The molecule has 0 aromatic heterocycles. The monoisotopic (exact) mass is 1060 g/mol. The van der Waals surface area contributed by atoms with Crippen molar-refractivity contribution < 1.29 is 79.5 Å². The van der Waals surface area contributed by atoms with Crippen LogP contribution in [0.1, 0.15) is 129 Å². The zero-order valence-electron chi connectivity index (χ0n) is 43.4. The highest BCUT2D eigenvalue weighted by Gasteiger charge is 2.50. The minimum atomic E-state index is -2.27. The lowest BCUT2D eigenvalue weighted by Crippen LogP contribution is -2.64. The number of hydrogen-bond acceptors (Lipinski definition) is 16. The topological polar surface area (TPSA) is 368 Å². The Labute approximate surface area is 437 Å². The van der Waals surface area contributed by atoms with Gasteiger partial charge in [0.2, 0.25) is 41.4 Å². The predicted molar refractivity (Wildman–Crippen MR) is 271 cm³/mol. The van der Waals surface area contributed by atoms with Gasteiger partial charge in [-0.05, 0) is 70.1 Å². The first kappa shape index (κ1) is 62.0. The first-order chi connectivity index (χ1) is 35.6. The molecule has 3 saturated heterocycles. The molecule has 14 N–H and O–H groups in total. The first-order valence-electron chi connectivity index (χ1n) is 26.2. The number of nitrogens with one attached hydrogen (secondary N) is 5. The van der Waals surface area contributed by atoms with Crippen LogP contribution in [0.2, 0.25) is 0 Å². The van der Waals surface area contributed by atoms with Gasteiger partial charge in [0.1, 0.15) is 60.3 Å². The molecule has 4 rings (SSSR count). The minimum absolute atomic E-state index is 0.0614. The van der Waals surface area contributed by atoms with E-state index in [2.05, 4.69) is 57.8 Å².